The zero-order chi connectivity index (χ0) is 31.5. The molecule has 43 heavy (non-hydrogen) atoms. The summed E-state index contributed by atoms with van der Waals surface area (Å²) in [5.74, 6) is -0.638. The highest BCUT2D eigenvalue weighted by Crippen LogP contribution is 2.36. The van der Waals surface area contributed by atoms with E-state index in [1.54, 1.807) is 24.3 Å². The van der Waals surface area contributed by atoms with Crippen LogP contribution >= 0.6 is 11.6 Å². The van der Waals surface area contributed by atoms with E-state index in [1.165, 1.54) is 14.7 Å². The summed E-state index contributed by atoms with van der Waals surface area (Å²) in [6, 6.07) is 6.24. The molecular weight excluding hydrogens is 604 g/mol. The Kier molecular flexibility index (Phi) is 9.79. The van der Waals surface area contributed by atoms with Crippen LogP contribution in [0.5, 0.6) is 0 Å². The molecule has 2 aliphatic heterocycles. The minimum atomic E-state index is -5.03. The Morgan fingerprint density at radius 3 is 2.16 bits per heavy atom. The van der Waals surface area contributed by atoms with E-state index < -0.39 is 53.8 Å². The molecule has 8 nitrogen and oxygen atoms in total. The van der Waals surface area contributed by atoms with Crippen LogP contribution in [0.25, 0.3) is 0 Å². The summed E-state index contributed by atoms with van der Waals surface area (Å²) in [7, 11) is 0. The molecule has 3 N–H and O–H groups in total. The first kappa shape index (κ1) is 32.4. The molecule has 0 radical (unpaired) electrons. The zero-order valence-corrected chi connectivity index (χ0v) is 23.6. The second kappa shape index (κ2) is 13.0. The Morgan fingerprint density at radius 1 is 0.953 bits per heavy atom. The lowest BCUT2D eigenvalue weighted by atomic mass is 9.98. The second-order valence-electron chi connectivity index (χ2n) is 10.4. The molecule has 2 atom stereocenters. The number of nitrogens with two attached hydrogens (primary N) is 1. The van der Waals surface area contributed by atoms with Gasteiger partial charge in [0.05, 0.1) is 17.7 Å². The van der Waals surface area contributed by atoms with Gasteiger partial charge in [-0.3, -0.25) is 9.59 Å². The fourth-order valence-electron chi connectivity index (χ4n) is 5.33. The molecule has 0 spiro atoms. The van der Waals surface area contributed by atoms with E-state index in [2.05, 4.69) is 5.32 Å². The minimum absolute atomic E-state index is 0.0125. The topological polar surface area (TPSA) is 99.0 Å². The van der Waals surface area contributed by atoms with Crippen molar-refractivity contribution >= 4 is 29.4 Å². The summed E-state index contributed by atoms with van der Waals surface area (Å²) in [5.41, 5.74) is 2.99. The smallest absolute Gasteiger partial charge is 0.334 e. The number of benzene rings is 2. The van der Waals surface area contributed by atoms with E-state index >= 15 is 0 Å². The van der Waals surface area contributed by atoms with Gasteiger partial charge in [-0.15, -0.1) is 0 Å². The maximum atomic E-state index is 13.6. The number of urea groups is 1. The number of hydrogen-bond donors (Lipinski definition) is 2. The molecule has 234 valence electrons. The highest BCUT2D eigenvalue weighted by atomic mass is 35.5. The first-order valence-electron chi connectivity index (χ1n) is 13.6. The average molecular weight is 634 g/mol. The fourth-order valence-corrected chi connectivity index (χ4v) is 5.46. The summed E-state index contributed by atoms with van der Waals surface area (Å²) in [6.45, 7) is -0.179. The molecule has 2 aliphatic rings. The molecule has 2 aromatic carbocycles. The van der Waals surface area contributed by atoms with Gasteiger partial charge in [-0.2, -0.15) is 26.3 Å². The molecular formula is C28H30ClF6N5O3. The Labute approximate surface area is 248 Å². The van der Waals surface area contributed by atoms with Crippen LogP contribution in [0.15, 0.2) is 42.5 Å². The minimum Gasteiger partial charge on any atom is -0.334 e. The maximum Gasteiger partial charge on any atom is 0.416 e. The van der Waals surface area contributed by atoms with Crippen LogP contribution in [-0.2, 0) is 35.0 Å². The Bertz CT molecular complexity index is 1310. The normalized spacial score (nSPS) is 19.5. The quantitative estimate of drug-likeness (QED) is 0.316. The number of hydrogen-bond acceptors (Lipinski definition) is 4. The van der Waals surface area contributed by atoms with Crippen molar-refractivity contribution in [1.29, 1.82) is 0 Å². The van der Waals surface area contributed by atoms with Gasteiger partial charge in [0.15, 0.2) is 0 Å². The van der Waals surface area contributed by atoms with Crippen molar-refractivity contribution < 1.29 is 40.7 Å². The van der Waals surface area contributed by atoms with Crippen molar-refractivity contribution in [3.05, 3.63) is 69.7 Å². The van der Waals surface area contributed by atoms with E-state index in [-0.39, 0.29) is 43.9 Å². The number of halogens is 7. The van der Waals surface area contributed by atoms with Gasteiger partial charge in [0.2, 0.25) is 11.8 Å². The predicted molar refractivity (Wildman–Crippen MR) is 144 cm³/mol. The number of fused-ring (bicyclic) bond motifs is 1. The van der Waals surface area contributed by atoms with E-state index in [9.17, 15) is 40.7 Å². The van der Waals surface area contributed by atoms with Crippen LogP contribution < -0.4 is 11.1 Å². The highest BCUT2D eigenvalue weighted by Gasteiger charge is 2.48. The summed E-state index contributed by atoms with van der Waals surface area (Å²) >= 11 is 5.98. The summed E-state index contributed by atoms with van der Waals surface area (Å²) in [6.07, 6.45) is -9.62. The van der Waals surface area contributed by atoms with Crippen molar-refractivity contribution in [1.82, 2.24) is 20.0 Å². The van der Waals surface area contributed by atoms with Crippen LogP contribution in [0.4, 0.5) is 31.1 Å². The van der Waals surface area contributed by atoms with Gasteiger partial charge in [-0.1, -0.05) is 23.7 Å². The molecule has 0 bridgehead atoms. The van der Waals surface area contributed by atoms with Gasteiger partial charge in [-0.25, -0.2) is 4.79 Å². The highest BCUT2D eigenvalue weighted by molar-refractivity contribution is 6.30. The lowest BCUT2D eigenvalue weighted by molar-refractivity contribution is -0.167. The molecule has 2 saturated heterocycles. The van der Waals surface area contributed by atoms with Crippen LogP contribution in [0.1, 0.15) is 47.9 Å². The third-order valence-corrected chi connectivity index (χ3v) is 7.67. The summed E-state index contributed by atoms with van der Waals surface area (Å²) < 4.78 is 79.8. The third kappa shape index (κ3) is 7.71. The molecule has 4 rings (SSSR count). The Balaban J connectivity index is 1.58. The van der Waals surface area contributed by atoms with Crippen molar-refractivity contribution in [2.45, 2.75) is 63.3 Å². The molecule has 0 saturated carbocycles. The molecule has 0 aromatic heterocycles. The van der Waals surface area contributed by atoms with Crippen molar-refractivity contribution in [2.75, 3.05) is 19.6 Å². The van der Waals surface area contributed by atoms with Crippen molar-refractivity contribution in [2.24, 2.45) is 5.73 Å². The molecule has 0 aliphatic carbocycles. The number of carbonyl (C=O) groups is 3. The van der Waals surface area contributed by atoms with E-state index in [1.807, 2.05) is 0 Å². The Hall–Kier alpha value is -3.52. The molecule has 15 heteroatoms. The third-order valence-electron chi connectivity index (χ3n) is 7.42. The number of amides is 4. The van der Waals surface area contributed by atoms with Crippen LogP contribution in [0.2, 0.25) is 5.02 Å². The van der Waals surface area contributed by atoms with Crippen molar-refractivity contribution in [3.63, 3.8) is 0 Å². The number of rotatable bonds is 8. The van der Waals surface area contributed by atoms with Gasteiger partial charge in [0.25, 0.3) is 0 Å². The molecule has 2 aromatic rings. The van der Waals surface area contributed by atoms with E-state index in [0.29, 0.717) is 43.0 Å². The first-order chi connectivity index (χ1) is 20.2. The molecule has 2 fully saturated rings. The lowest BCUT2D eigenvalue weighted by Crippen LogP contribution is -2.71. The number of nitrogens with zero attached hydrogens (tertiary/aromatic N) is 3. The van der Waals surface area contributed by atoms with Gasteiger partial charge >= 0.3 is 18.4 Å². The van der Waals surface area contributed by atoms with Crippen LogP contribution in [0.3, 0.4) is 0 Å². The number of alkyl halides is 6. The van der Waals surface area contributed by atoms with Gasteiger partial charge < -0.3 is 25.8 Å². The first-order valence-corrected chi connectivity index (χ1v) is 13.9. The number of unbranched alkanes of at least 4 members (excludes halogenated alkanes) is 1. The zero-order valence-electron chi connectivity index (χ0n) is 22.8. The van der Waals surface area contributed by atoms with Gasteiger partial charge in [0, 0.05) is 31.1 Å². The molecule has 2 heterocycles. The number of carbonyl (C=O) groups excluding carboxylic acids is 3. The lowest BCUT2D eigenvalue weighted by Gasteiger charge is -2.52. The van der Waals surface area contributed by atoms with Crippen LogP contribution in [-0.4, -0.2) is 64.4 Å². The molecule has 4 amide bonds. The molecule has 0 unspecified atom stereocenters. The van der Waals surface area contributed by atoms with E-state index in [4.69, 9.17) is 17.3 Å². The largest absolute Gasteiger partial charge is 0.416 e. The van der Waals surface area contributed by atoms with Crippen LogP contribution in [0, 0.1) is 0 Å². The SMILES string of the molecule is NCCCC[C@H]1C(=O)N(Cc2ccc(Cl)cc2)C[C@@H]2N(C(=O)NCc3cc(C(F)(F)F)cc(C(F)(F)F)c3)CCC(=O)N21. The van der Waals surface area contributed by atoms with E-state index in [0.717, 1.165) is 5.56 Å². The maximum absolute atomic E-state index is 13.6. The average Bonchev–Trinajstić information content (AvgIpc) is 2.94. The standard InChI is InChI=1S/C28H30ClF6N5O3/c29-21-6-4-17(5-7-21)15-38-16-23-39(10-8-24(41)40(23)22(25(38)42)3-1-2-9-36)26(43)37-14-18-11-19(27(30,31)32)13-20(12-18)28(33,34)35/h4-7,11-13,22-23H,1-3,8-10,14-16,36H2,(H,37,43)/t22-,23+/m0/s1. The number of nitrogens with one attached hydrogen (secondary N) is 1. The monoisotopic (exact) mass is 633 g/mol. The number of piperazine rings is 1. The Morgan fingerprint density at radius 2 is 1.58 bits per heavy atom. The summed E-state index contributed by atoms with van der Waals surface area (Å²) in [4.78, 5) is 44.2. The van der Waals surface area contributed by atoms with Gasteiger partial charge in [0.1, 0.15) is 12.2 Å². The fraction of sp³-hybridized carbons (Fsp3) is 0.464. The predicted octanol–water partition coefficient (Wildman–Crippen LogP) is 4.99. The van der Waals surface area contributed by atoms with Crippen molar-refractivity contribution in [3.8, 4) is 0 Å². The van der Waals surface area contributed by atoms with Gasteiger partial charge in [-0.05, 0) is 67.3 Å². The summed E-state index contributed by atoms with van der Waals surface area (Å²) in [5, 5.41) is 2.91. The second-order valence-corrected chi connectivity index (χ2v) is 10.9.